The minimum absolute atomic E-state index is 0.185. The number of hydrogen-bond acceptors (Lipinski definition) is 3. The molecule has 1 amide bonds. The Labute approximate surface area is 113 Å². The van der Waals surface area contributed by atoms with E-state index in [0.29, 0.717) is 15.6 Å². The highest BCUT2D eigenvalue weighted by Crippen LogP contribution is 2.24. The topological polar surface area (TPSA) is 54.6 Å². The first-order valence-electron chi connectivity index (χ1n) is 4.99. The molecule has 0 fully saturated rings. The van der Waals surface area contributed by atoms with Crippen molar-refractivity contribution in [2.45, 2.75) is 0 Å². The molecule has 0 aliphatic rings. The summed E-state index contributed by atoms with van der Waals surface area (Å²) in [7, 11) is 0. The molecule has 0 aliphatic heterocycles. The molecule has 1 N–H and O–H groups in total. The number of rotatable bonds is 3. The summed E-state index contributed by atoms with van der Waals surface area (Å²) in [5.74, 6) is -0.251. The van der Waals surface area contributed by atoms with E-state index in [4.69, 9.17) is 27.6 Å². The molecular weight excluding hydrogens is 275 g/mol. The average molecular weight is 283 g/mol. The van der Waals surface area contributed by atoms with Crippen molar-refractivity contribution in [3.8, 4) is 0 Å². The van der Waals surface area contributed by atoms with Crippen molar-refractivity contribution in [2.75, 3.05) is 0 Å². The van der Waals surface area contributed by atoms with Crippen LogP contribution >= 0.6 is 23.2 Å². The van der Waals surface area contributed by atoms with Gasteiger partial charge in [0.05, 0.1) is 22.5 Å². The first-order chi connectivity index (χ1) is 8.68. The summed E-state index contributed by atoms with van der Waals surface area (Å²) in [5, 5.41) is 4.58. The summed E-state index contributed by atoms with van der Waals surface area (Å²) in [5.41, 5.74) is 2.93. The van der Waals surface area contributed by atoms with Gasteiger partial charge in [0.2, 0.25) is 0 Å². The molecule has 0 spiro atoms. The zero-order chi connectivity index (χ0) is 13.0. The van der Waals surface area contributed by atoms with Gasteiger partial charge in [-0.1, -0.05) is 35.3 Å². The molecule has 1 aromatic heterocycles. The summed E-state index contributed by atoms with van der Waals surface area (Å²) in [4.78, 5) is 11.5. The predicted molar refractivity (Wildman–Crippen MR) is 70.2 cm³/mol. The fraction of sp³-hybridized carbons (Fsp3) is 0. The minimum Gasteiger partial charge on any atom is -0.459 e. The summed E-state index contributed by atoms with van der Waals surface area (Å²) in [6.45, 7) is 0. The number of carbonyl (C=O) groups is 1. The zero-order valence-electron chi connectivity index (χ0n) is 9.06. The van der Waals surface area contributed by atoms with Gasteiger partial charge in [-0.05, 0) is 18.2 Å². The molecule has 2 rings (SSSR count). The molecule has 1 aromatic carbocycles. The second-order valence-corrected chi connectivity index (χ2v) is 4.10. The van der Waals surface area contributed by atoms with E-state index in [9.17, 15) is 4.79 Å². The number of nitrogens with one attached hydrogen (secondary N) is 1. The second-order valence-electron chi connectivity index (χ2n) is 3.32. The molecule has 0 bridgehead atoms. The van der Waals surface area contributed by atoms with Gasteiger partial charge in [-0.25, -0.2) is 5.43 Å². The van der Waals surface area contributed by atoms with E-state index in [-0.39, 0.29) is 5.76 Å². The Hall–Kier alpha value is -1.78. The minimum atomic E-state index is -0.436. The van der Waals surface area contributed by atoms with Crippen molar-refractivity contribution < 1.29 is 9.21 Å². The van der Waals surface area contributed by atoms with E-state index >= 15 is 0 Å². The zero-order valence-corrected chi connectivity index (χ0v) is 10.6. The summed E-state index contributed by atoms with van der Waals surface area (Å²) in [6, 6.07) is 8.30. The van der Waals surface area contributed by atoms with Crippen LogP contribution in [-0.4, -0.2) is 12.1 Å². The molecule has 0 atom stereocenters. The molecule has 1 heterocycles. The van der Waals surface area contributed by atoms with Crippen molar-refractivity contribution in [2.24, 2.45) is 5.10 Å². The SMILES string of the molecule is O=C(NN=Cc1cccc(Cl)c1Cl)c1ccco1. The first kappa shape index (κ1) is 12.7. The average Bonchev–Trinajstić information content (AvgIpc) is 2.88. The highest BCUT2D eigenvalue weighted by Gasteiger charge is 2.06. The largest absolute Gasteiger partial charge is 0.459 e. The Morgan fingerprint density at radius 3 is 2.83 bits per heavy atom. The van der Waals surface area contributed by atoms with Crippen LogP contribution in [0.15, 0.2) is 46.1 Å². The maximum Gasteiger partial charge on any atom is 0.307 e. The Morgan fingerprint density at radius 2 is 2.11 bits per heavy atom. The Balaban J connectivity index is 2.04. The maximum atomic E-state index is 11.5. The van der Waals surface area contributed by atoms with Gasteiger partial charge in [0.1, 0.15) is 0 Å². The third-order valence-corrected chi connectivity index (χ3v) is 2.93. The standard InChI is InChI=1S/C12H8Cl2N2O2/c13-9-4-1-3-8(11(9)14)7-15-16-12(17)10-5-2-6-18-10/h1-7H,(H,16,17). The smallest absolute Gasteiger partial charge is 0.307 e. The lowest BCUT2D eigenvalue weighted by Crippen LogP contribution is -2.16. The number of furan rings is 1. The van der Waals surface area contributed by atoms with Crippen molar-refractivity contribution in [1.29, 1.82) is 0 Å². The lowest BCUT2D eigenvalue weighted by Gasteiger charge is -1.99. The van der Waals surface area contributed by atoms with Crippen LogP contribution in [0.3, 0.4) is 0 Å². The molecule has 0 saturated heterocycles. The Bertz CT molecular complexity index is 580. The highest BCUT2D eigenvalue weighted by molar-refractivity contribution is 6.43. The lowest BCUT2D eigenvalue weighted by atomic mass is 10.2. The monoisotopic (exact) mass is 282 g/mol. The van der Waals surface area contributed by atoms with Crippen LogP contribution in [0.1, 0.15) is 16.1 Å². The van der Waals surface area contributed by atoms with Crippen LogP contribution in [0.25, 0.3) is 0 Å². The second kappa shape index (κ2) is 5.71. The van der Waals surface area contributed by atoms with Gasteiger partial charge in [0.25, 0.3) is 0 Å². The maximum absolute atomic E-state index is 11.5. The summed E-state index contributed by atoms with van der Waals surface area (Å²) >= 11 is 11.8. The molecule has 0 unspecified atom stereocenters. The first-order valence-corrected chi connectivity index (χ1v) is 5.75. The van der Waals surface area contributed by atoms with Crippen LogP contribution in [0.4, 0.5) is 0 Å². The number of hydrogen-bond donors (Lipinski definition) is 1. The van der Waals surface area contributed by atoms with E-state index in [2.05, 4.69) is 10.5 Å². The quantitative estimate of drug-likeness (QED) is 0.693. The molecule has 6 heteroatoms. The normalized spacial score (nSPS) is 10.8. The van der Waals surface area contributed by atoms with Gasteiger partial charge in [-0.2, -0.15) is 5.10 Å². The molecule has 2 aromatic rings. The van der Waals surface area contributed by atoms with Crippen LogP contribution in [-0.2, 0) is 0 Å². The fourth-order valence-electron chi connectivity index (χ4n) is 1.24. The number of nitrogens with zero attached hydrogens (tertiary/aromatic N) is 1. The van der Waals surface area contributed by atoms with Crippen LogP contribution in [0, 0.1) is 0 Å². The molecule has 4 nitrogen and oxygen atoms in total. The molecule has 0 saturated carbocycles. The number of hydrazone groups is 1. The van der Waals surface area contributed by atoms with E-state index < -0.39 is 5.91 Å². The number of carbonyl (C=O) groups excluding carboxylic acids is 1. The van der Waals surface area contributed by atoms with Gasteiger partial charge >= 0.3 is 5.91 Å². The highest BCUT2D eigenvalue weighted by atomic mass is 35.5. The summed E-state index contributed by atoms with van der Waals surface area (Å²) in [6.07, 6.45) is 2.82. The van der Waals surface area contributed by atoms with Crippen LogP contribution < -0.4 is 5.43 Å². The van der Waals surface area contributed by atoms with E-state index in [1.807, 2.05) is 0 Å². The molecule has 0 radical (unpaired) electrons. The number of amides is 1. The van der Waals surface area contributed by atoms with Crippen LogP contribution in [0.2, 0.25) is 10.0 Å². The fourth-order valence-corrected chi connectivity index (χ4v) is 1.60. The van der Waals surface area contributed by atoms with Crippen LogP contribution in [0.5, 0.6) is 0 Å². The van der Waals surface area contributed by atoms with Gasteiger partial charge in [-0.3, -0.25) is 4.79 Å². The van der Waals surface area contributed by atoms with Crippen molar-refractivity contribution in [3.63, 3.8) is 0 Å². The number of benzene rings is 1. The third-order valence-electron chi connectivity index (χ3n) is 2.10. The van der Waals surface area contributed by atoms with Gasteiger partial charge in [0.15, 0.2) is 5.76 Å². The van der Waals surface area contributed by atoms with Crippen molar-refractivity contribution >= 4 is 35.3 Å². The van der Waals surface area contributed by atoms with Gasteiger partial charge in [0, 0.05) is 5.56 Å². The van der Waals surface area contributed by atoms with Gasteiger partial charge < -0.3 is 4.42 Å². The van der Waals surface area contributed by atoms with E-state index in [1.54, 1.807) is 24.3 Å². The molecular formula is C12H8Cl2N2O2. The predicted octanol–water partition coefficient (Wildman–Crippen LogP) is 3.35. The van der Waals surface area contributed by atoms with Crippen molar-refractivity contribution in [1.82, 2.24) is 5.43 Å². The lowest BCUT2D eigenvalue weighted by molar-refractivity contribution is 0.0927. The van der Waals surface area contributed by atoms with Crippen molar-refractivity contribution in [3.05, 3.63) is 58.0 Å². The van der Waals surface area contributed by atoms with Gasteiger partial charge in [-0.15, -0.1) is 0 Å². The number of halogens is 2. The molecule has 92 valence electrons. The Morgan fingerprint density at radius 1 is 1.28 bits per heavy atom. The molecule has 0 aliphatic carbocycles. The van der Waals surface area contributed by atoms with E-state index in [0.717, 1.165) is 0 Å². The van der Waals surface area contributed by atoms with E-state index in [1.165, 1.54) is 18.5 Å². The summed E-state index contributed by atoms with van der Waals surface area (Å²) < 4.78 is 4.91. The molecule has 18 heavy (non-hydrogen) atoms. The Kier molecular flexibility index (Phi) is 4.02. The third kappa shape index (κ3) is 2.91.